The van der Waals surface area contributed by atoms with Gasteiger partial charge in [0.15, 0.2) is 12.3 Å². The molecule has 3 fully saturated rings. The summed E-state index contributed by atoms with van der Waals surface area (Å²) in [4.78, 5) is 35.3. The van der Waals surface area contributed by atoms with Gasteiger partial charge in [0.1, 0.15) is 23.5 Å². The van der Waals surface area contributed by atoms with Crippen molar-refractivity contribution in [3.05, 3.63) is 32.4 Å². The molecular formula is C37H63N2O10W10Y-3. The smallest absolute Gasteiger partial charge is 0.186 e. The van der Waals surface area contributed by atoms with Crippen LogP contribution in [-0.2, 0) is 286 Å². The summed E-state index contributed by atoms with van der Waals surface area (Å²) in [5.74, 6) is -2.88. The van der Waals surface area contributed by atoms with Crippen LogP contribution in [0, 0.1) is 38.0 Å². The third kappa shape index (κ3) is 23.4. The van der Waals surface area contributed by atoms with Gasteiger partial charge in [-0.1, -0.05) is 45.0 Å². The summed E-state index contributed by atoms with van der Waals surface area (Å²) in [6, 6.07) is -0.0243. The Hall–Kier alpha value is 5.93. The zero-order valence-corrected chi connectivity index (χ0v) is 68.5. The van der Waals surface area contributed by atoms with Gasteiger partial charge < -0.3 is 62.4 Å². The molecule has 0 amide bonds. The first-order valence-electron chi connectivity index (χ1n) is 17.9. The van der Waals surface area contributed by atoms with Crippen LogP contribution >= 0.6 is 0 Å². The zero-order chi connectivity index (χ0) is 38.1. The molecule has 0 aromatic carbocycles. The third-order valence-electron chi connectivity index (χ3n) is 10.5. The number of carbonyl (C=O) groups is 2. The fourth-order valence-corrected chi connectivity index (χ4v) is 7.56. The van der Waals surface area contributed by atoms with E-state index >= 15 is 0 Å². The molecule has 2 bridgehead atoms. The Morgan fingerprint density at radius 3 is 2.00 bits per heavy atom. The minimum atomic E-state index is -1.67. The summed E-state index contributed by atoms with van der Waals surface area (Å²) < 4.78 is 43.8. The Morgan fingerprint density at radius 1 is 1.00 bits per heavy atom. The quantitative estimate of drug-likeness (QED) is 0.169. The van der Waals surface area contributed by atoms with Crippen molar-refractivity contribution in [1.29, 1.82) is 0 Å². The summed E-state index contributed by atoms with van der Waals surface area (Å²) in [7, 11) is 8.08. The summed E-state index contributed by atoms with van der Waals surface area (Å²) >= 11 is 0. The molecule has 60 heavy (non-hydrogen) atoms. The Bertz CT molecular complexity index is 1200. The molecule has 3 saturated heterocycles. The molecule has 12 atom stereocenters. The van der Waals surface area contributed by atoms with Crippen LogP contribution in [0.1, 0.15) is 76.0 Å². The number of oxime groups is 1. The van der Waals surface area contributed by atoms with E-state index < -0.39 is 65.5 Å². The van der Waals surface area contributed by atoms with Gasteiger partial charge in [0.25, 0.3) is 0 Å². The number of ketones is 1. The van der Waals surface area contributed by atoms with Crippen molar-refractivity contribution in [1.82, 2.24) is 4.90 Å². The monoisotopic (exact) mass is 2630 g/mol. The number of likely N-dealkylation sites (N-methyl/N-ethyl adjacent to an activating group) is 1. The molecular weight excluding hydrogens is 2560 g/mol. The number of fused-ring (bicyclic) bond motifs is 5. The van der Waals surface area contributed by atoms with Crippen LogP contribution in [0.3, 0.4) is 0 Å². The number of carbonyl (C=O) groups excluding carboxylic acids is 2. The maximum Gasteiger partial charge on any atom is 0.186 e. The number of hydrogen-bond acceptors (Lipinski definition) is 12. The number of methoxy groups -OCH3 is 1. The summed E-state index contributed by atoms with van der Waals surface area (Å²) in [5.41, 5.74) is -1.63. The molecule has 3 aliphatic heterocycles. The Morgan fingerprint density at radius 2 is 1.53 bits per heavy atom. The number of esters is 1. The first kappa shape index (κ1) is 85.8. The van der Waals surface area contributed by atoms with E-state index in [-0.39, 0.29) is 294 Å². The minimum Gasteiger partial charge on any atom is -0.481 e. The van der Waals surface area contributed by atoms with Crippen molar-refractivity contribution in [3.63, 3.8) is 0 Å². The van der Waals surface area contributed by atoms with Gasteiger partial charge in [-0.3, -0.25) is 4.79 Å². The first-order chi connectivity index (χ1) is 23.4. The number of cyclic esters (lactones) is 1. The van der Waals surface area contributed by atoms with Crippen molar-refractivity contribution < 1.29 is 293 Å². The zero-order valence-electron chi connectivity index (χ0n) is 37.3. The number of ether oxygens (including phenoxy) is 6. The molecule has 1 N–H and O–H groups in total. The van der Waals surface area contributed by atoms with Crippen molar-refractivity contribution in [2.45, 2.75) is 129 Å². The van der Waals surface area contributed by atoms with Crippen LogP contribution in [0.25, 0.3) is 0 Å². The van der Waals surface area contributed by atoms with E-state index in [0.29, 0.717) is 12.1 Å². The van der Waals surface area contributed by atoms with Gasteiger partial charge in [0.2, 0.25) is 0 Å². The standard InChI is InChI=1S/C36H60N2O10.CH3.10W.Y/c1-14-28-36(10,41)32-23(6)22(5)20(3)17-35(9,44-19-26(18-43-32)37-45-15-2)31(24(7)29(39)25(8)33(40)47-28)48-34-30(42-13)27(38(11)12)16-21(4)46-34;;;;;;;;;;;;/h20-21,23-24,27-28,30-32,34,41H,2,5,14-19H2,1,3-4,6-13H3;1H3;;;;;;;;;;;/q-2;-1;;;;;;;;;;;/b37-26+;;;;;;;;;;;;/t20-,21-,23+,24+,27+,28-,30-,31-,32-,34+,35-,36-;;;;;;;;;;;;/m1............/s1/i;1T;;;;;;;;;;;. The average molecular weight is 2630 g/mol. The summed E-state index contributed by atoms with van der Waals surface area (Å²) in [5, 5.41) is 16.3. The normalized spacial score (nSPS) is 33.6. The van der Waals surface area contributed by atoms with Crippen LogP contribution in [0.15, 0.2) is 17.3 Å². The van der Waals surface area contributed by atoms with Crippen LogP contribution in [-0.4, -0.2) is 123 Å². The second-order valence-electron chi connectivity index (χ2n) is 14.4. The largest absolute Gasteiger partial charge is 0.481 e. The second-order valence-corrected chi connectivity index (χ2v) is 14.4. The van der Waals surface area contributed by atoms with E-state index in [1.54, 1.807) is 27.9 Å². The maximum atomic E-state index is 14.3. The number of nitrogens with zero attached hydrogens (tertiary/aromatic N) is 2. The Kier molecular flexibility index (Phi) is 59.4. The molecule has 0 unspecified atom stereocenters. The number of Topliss-reactive ketones (excluding diaryl/α,β-unsaturated/α-hetero) is 1. The molecule has 0 aliphatic carbocycles. The van der Waals surface area contributed by atoms with E-state index in [2.05, 4.69) is 31.0 Å². The maximum absolute atomic E-state index is 14.3. The van der Waals surface area contributed by atoms with E-state index in [9.17, 15) is 14.7 Å². The van der Waals surface area contributed by atoms with Crippen molar-refractivity contribution in [2.24, 2.45) is 22.9 Å². The number of hydrogen-bond donors (Lipinski definition) is 1. The molecule has 0 aromatic heterocycles. The first-order valence-corrected chi connectivity index (χ1v) is 17.2. The van der Waals surface area contributed by atoms with Gasteiger partial charge in [-0.25, -0.2) is 7.29 Å². The molecule has 0 saturated carbocycles. The second kappa shape index (κ2) is 41.5. The predicted molar refractivity (Wildman–Crippen MR) is 187 cm³/mol. The van der Waals surface area contributed by atoms with E-state index in [1.807, 2.05) is 41.8 Å². The molecule has 3 rings (SSSR count). The van der Waals surface area contributed by atoms with Gasteiger partial charge in [-0.15, -0.1) is 0 Å². The van der Waals surface area contributed by atoms with Gasteiger partial charge in [0.05, 0.1) is 37.1 Å². The van der Waals surface area contributed by atoms with Crippen molar-refractivity contribution in [3.8, 4) is 0 Å². The summed E-state index contributed by atoms with van der Waals surface area (Å²) in [6.45, 7) is 22.6. The molecule has 3 aliphatic rings. The Labute approximate surface area is 531 Å². The van der Waals surface area contributed by atoms with Crippen LogP contribution in [0.4, 0.5) is 0 Å². The van der Waals surface area contributed by atoms with Gasteiger partial charge >= 0.3 is 0 Å². The van der Waals surface area contributed by atoms with Gasteiger partial charge in [0, 0.05) is 274 Å². The topological polar surface area (TPSA) is 135 Å². The minimum absolute atomic E-state index is 0. The van der Waals surface area contributed by atoms with Crippen LogP contribution < -0.4 is 0 Å². The molecule has 12 nitrogen and oxygen atoms in total. The number of rotatable bonds is 7. The summed E-state index contributed by atoms with van der Waals surface area (Å²) in [6.07, 6.45) is -2.94. The predicted octanol–water partition coefficient (Wildman–Crippen LogP) is 4.36. The van der Waals surface area contributed by atoms with Crippen LogP contribution in [0.5, 0.6) is 0 Å². The SMILES string of the molecule is C=C1[C@H](C)C[C@@]2(C)OC/C(=N/OC[CH2-])CO[C@H]([C@H]1C)[C@](C)(O)[C@@H](CC)OC(=O)[C-](C)C(=O)[C@H](C)[C@H]2O[C@@H]1O[C@H](C)C[C@H](N(C)C)[C@H]1OC.[3H][CH2-].[W].[W].[W].[W].[W].[W].[W].[W].[W].[W].[Y]. The molecule has 347 valence electrons. The van der Waals surface area contributed by atoms with E-state index in [1.165, 1.54) is 6.92 Å². The van der Waals surface area contributed by atoms with Crippen molar-refractivity contribution >= 4 is 17.5 Å². The number of aliphatic hydroxyl groups is 1. The molecule has 3 heterocycles. The van der Waals surface area contributed by atoms with Gasteiger partial charge in [-0.2, -0.15) is 6.92 Å². The van der Waals surface area contributed by atoms with Crippen molar-refractivity contribution in [2.75, 3.05) is 41.0 Å². The molecule has 23 heteroatoms. The fourth-order valence-electron chi connectivity index (χ4n) is 7.56. The third-order valence-corrected chi connectivity index (χ3v) is 10.5. The van der Waals surface area contributed by atoms with Crippen LogP contribution in [0.2, 0.25) is 0 Å². The fraction of sp³-hybridized carbons (Fsp3) is 0.784. The van der Waals surface area contributed by atoms with Gasteiger partial charge in [-0.05, 0) is 66.7 Å². The molecule has 1 radical (unpaired) electrons. The molecule has 0 aromatic rings. The Balaban J connectivity index is -0.000000246. The van der Waals surface area contributed by atoms with E-state index in [4.69, 9.17) is 34.6 Å². The van der Waals surface area contributed by atoms with E-state index in [0.717, 1.165) is 12.0 Å². The average Bonchev–Trinajstić information content (AvgIpc) is 3.09. The molecule has 0 spiro atoms.